The summed E-state index contributed by atoms with van der Waals surface area (Å²) in [6.07, 6.45) is 0. The van der Waals surface area contributed by atoms with E-state index in [4.69, 9.17) is 5.53 Å². The smallest absolute Gasteiger partial charge is 0.261 e. The Hall–Kier alpha value is -2.30. The van der Waals surface area contributed by atoms with Crippen LogP contribution in [-0.4, -0.2) is 5.91 Å². The van der Waals surface area contributed by atoms with Crippen LogP contribution in [0.15, 0.2) is 46.9 Å². The van der Waals surface area contributed by atoms with Gasteiger partial charge < -0.3 is 5.32 Å². The molecule has 0 aliphatic rings. The van der Waals surface area contributed by atoms with Gasteiger partial charge in [0.15, 0.2) is 0 Å². The van der Waals surface area contributed by atoms with Gasteiger partial charge in [-0.1, -0.05) is 30.3 Å². The lowest BCUT2D eigenvalue weighted by molar-refractivity contribution is 0.100. The lowest BCUT2D eigenvalue weighted by Crippen LogP contribution is -2.02. The Bertz CT molecular complexity index is 587. The van der Waals surface area contributed by atoms with E-state index in [0.29, 0.717) is 17.1 Å². The first kappa shape index (κ1) is 12.2. The molecule has 1 amide bonds. The van der Waals surface area contributed by atoms with Gasteiger partial charge in [0.25, 0.3) is 5.91 Å². The van der Waals surface area contributed by atoms with Crippen molar-refractivity contribution in [1.29, 1.82) is 0 Å². The highest BCUT2D eigenvalue weighted by molar-refractivity contribution is 7.12. The minimum Gasteiger partial charge on any atom is -0.380 e. The summed E-state index contributed by atoms with van der Waals surface area (Å²) in [5, 5.41) is 8.04. The summed E-state index contributed by atoms with van der Waals surface area (Å²) in [6, 6.07) is 11.6. The number of hydrogen-bond donors (Lipinski definition) is 1. The number of carbonyl (C=O) groups excluding carboxylic acids is 1. The Kier molecular flexibility index (Phi) is 3.96. The molecule has 0 aliphatic heterocycles. The molecular formula is C12H10N4OS. The third kappa shape index (κ3) is 2.88. The maximum absolute atomic E-state index is 11.5. The first-order valence-corrected chi connectivity index (χ1v) is 6.14. The highest BCUT2D eigenvalue weighted by atomic mass is 32.1. The molecule has 1 aromatic heterocycles. The van der Waals surface area contributed by atoms with E-state index in [-0.39, 0.29) is 0 Å². The Morgan fingerprint density at radius 3 is 2.83 bits per heavy atom. The zero-order valence-corrected chi connectivity index (χ0v) is 10.2. The molecule has 1 heterocycles. The van der Waals surface area contributed by atoms with Crippen LogP contribution >= 0.6 is 11.3 Å². The monoisotopic (exact) mass is 258 g/mol. The van der Waals surface area contributed by atoms with Crippen LogP contribution in [0.2, 0.25) is 0 Å². The molecule has 0 aliphatic carbocycles. The van der Waals surface area contributed by atoms with E-state index in [1.807, 2.05) is 30.3 Å². The average Bonchev–Trinajstić information content (AvgIpc) is 2.86. The lowest BCUT2D eigenvalue weighted by atomic mass is 10.2. The number of carbonyl (C=O) groups is 1. The number of amides is 1. The number of thiophene rings is 1. The van der Waals surface area contributed by atoms with Gasteiger partial charge in [-0.15, -0.1) is 11.3 Å². The van der Waals surface area contributed by atoms with Gasteiger partial charge in [-0.2, -0.15) is 0 Å². The van der Waals surface area contributed by atoms with Gasteiger partial charge in [0, 0.05) is 11.5 Å². The summed E-state index contributed by atoms with van der Waals surface area (Å²) in [6.45, 7) is 0.619. The van der Waals surface area contributed by atoms with E-state index in [9.17, 15) is 4.79 Å². The van der Waals surface area contributed by atoms with E-state index in [1.165, 1.54) is 11.3 Å². The summed E-state index contributed by atoms with van der Waals surface area (Å²) in [7, 11) is 0. The maximum atomic E-state index is 11.5. The Morgan fingerprint density at radius 1 is 1.33 bits per heavy atom. The van der Waals surface area contributed by atoms with Crippen LogP contribution in [0, 0.1) is 0 Å². The molecule has 2 rings (SSSR count). The van der Waals surface area contributed by atoms with Crippen LogP contribution in [0.4, 0.5) is 5.69 Å². The molecule has 90 valence electrons. The summed E-state index contributed by atoms with van der Waals surface area (Å²) < 4.78 is 0. The summed E-state index contributed by atoms with van der Waals surface area (Å²) in [5.41, 5.74) is 10.1. The fourth-order valence-electron chi connectivity index (χ4n) is 1.49. The molecule has 0 spiro atoms. The van der Waals surface area contributed by atoms with Gasteiger partial charge in [-0.25, -0.2) is 0 Å². The predicted molar refractivity (Wildman–Crippen MR) is 71.6 cm³/mol. The SMILES string of the molecule is [N-]=[N+]=NC(=O)c1sccc1NCc1ccccc1. The highest BCUT2D eigenvalue weighted by Gasteiger charge is 2.11. The third-order valence-electron chi connectivity index (χ3n) is 2.32. The van der Waals surface area contributed by atoms with Crippen molar-refractivity contribution in [3.63, 3.8) is 0 Å². The third-order valence-corrected chi connectivity index (χ3v) is 3.22. The number of nitrogens with zero attached hydrogens (tertiary/aromatic N) is 3. The van der Waals surface area contributed by atoms with Crippen molar-refractivity contribution in [2.45, 2.75) is 6.54 Å². The van der Waals surface area contributed by atoms with E-state index < -0.39 is 5.91 Å². The lowest BCUT2D eigenvalue weighted by Gasteiger charge is -2.05. The summed E-state index contributed by atoms with van der Waals surface area (Å²) in [4.78, 5) is 14.4. The molecule has 0 radical (unpaired) electrons. The normalized spacial score (nSPS) is 9.56. The second-order valence-electron chi connectivity index (χ2n) is 3.50. The van der Waals surface area contributed by atoms with Gasteiger partial charge >= 0.3 is 0 Å². The Balaban J connectivity index is 2.09. The van der Waals surface area contributed by atoms with Gasteiger partial charge in [0.05, 0.1) is 5.69 Å². The molecule has 18 heavy (non-hydrogen) atoms. The Morgan fingerprint density at radius 2 is 2.11 bits per heavy atom. The van der Waals surface area contributed by atoms with Crippen LogP contribution in [0.5, 0.6) is 0 Å². The van der Waals surface area contributed by atoms with Crippen LogP contribution in [0.25, 0.3) is 10.4 Å². The van der Waals surface area contributed by atoms with Crippen LogP contribution in [0.1, 0.15) is 15.2 Å². The van der Waals surface area contributed by atoms with Gasteiger partial charge in [-0.3, -0.25) is 4.79 Å². The molecule has 5 nitrogen and oxygen atoms in total. The largest absolute Gasteiger partial charge is 0.380 e. The minimum atomic E-state index is -0.553. The minimum absolute atomic E-state index is 0.434. The molecule has 0 saturated heterocycles. The molecule has 0 bridgehead atoms. The molecule has 0 atom stereocenters. The molecule has 0 unspecified atom stereocenters. The number of nitrogens with one attached hydrogen (secondary N) is 1. The molecule has 0 fully saturated rings. The Labute approximate surface area is 108 Å². The maximum Gasteiger partial charge on any atom is 0.261 e. The van der Waals surface area contributed by atoms with Crippen molar-refractivity contribution in [3.8, 4) is 0 Å². The van der Waals surface area contributed by atoms with Crippen molar-refractivity contribution >= 4 is 22.9 Å². The average molecular weight is 258 g/mol. The zero-order chi connectivity index (χ0) is 12.8. The van der Waals surface area contributed by atoms with E-state index in [2.05, 4.69) is 15.3 Å². The van der Waals surface area contributed by atoms with Crippen molar-refractivity contribution in [3.05, 3.63) is 62.7 Å². The fraction of sp³-hybridized carbons (Fsp3) is 0.0833. The second kappa shape index (κ2) is 5.86. The number of azide groups is 1. The number of benzene rings is 1. The number of hydrogen-bond acceptors (Lipinski definition) is 3. The highest BCUT2D eigenvalue weighted by Crippen LogP contribution is 2.23. The summed E-state index contributed by atoms with van der Waals surface area (Å²) >= 11 is 1.26. The van der Waals surface area contributed by atoms with Crippen molar-refractivity contribution in [1.82, 2.24) is 0 Å². The van der Waals surface area contributed by atoms with Crippen molar-refractivity contribution in [2.24, 2.45) is 5.11 Å². The van der Waals surface area contributed by atoms with Crippen LogP contribution in [0.3, 0.4) is 0 Å². The number of rotatable bonds is 4. The van der Waals surface area contributed by atoms with E-state index >= 15 is 0 Å². The topological polar surface area (TPSA) is 77.9 Å². The van der Waals surface area contributed by atoms with Crippen molar-refractivity contribution < 1.29 is 4.79 Å². The predicted octanol–water partition coefficient (Wildman–Crippen LogP) is 3.81. The second-order valence-corrected chi connectivity index (χ2v) is 4.41. The van der Waals surface area contributed by atoms with Gasteiger partial charge in [-0.05, 0) is 27.7 Å². The van der Waals surface area contributed by atoms with E-state index in [1.54, 1.807) is 11.4 Å². The molecular weight excluding hydrogens is 248 g/mol. The zero-order valence-electron chi connectivity index (χ0n) is 9.41. The standard InChI is InChI=1S/C12H10N4OS/c13-16-15-12(17)11-10(6-7-18-11)14-8-9-4-2-1-3-5-9/h1-7,14H,8H2. The first-order valence-electron chi connectivity index (χ1n) is 5.26. The van der Waals surface area contributed by atoms with Crippen molar-refractivity contribution in [2.75, 3.05) is 5.32 Å². The molecule has 2 aromatic rings. The first-order chi connectivity index (χ1) is 8.81. The molecule has 1 N–H and O–H groups in total. The molecule has 0 saturated carbocycles. The van der Waals surface area contributed by atoms with Gasteiger partial charge in [0.2, 0.25) is 0 Å². The van der Waals surface area contributed by atoms with Gasteiger partial charge in [0.1, 0.15) is 4.88 Å². The quantitative estimate of drug-likeness (QED) is 0.514. The van der Waals surface area contributed by atoms with Crippen LogP contribution < -0.4 is 5.32 Å². The summed E-state index contributed by atoms with van der Waals surface area (Å²) in [5.74, 6) is -0.553. The fourth-order valence-corrected chi connectivity index (χ4v) is 2.24. The van der Waals surface area contributed by atoms with E-state index in [0.717, 1.165) is 5.56 Å². The molecule has 6 heteroatoms. The van der Waals surface area contributed by atoms with Crippen LogP contribution in [-0.2, 0) is 6.54 Å². The number of anilines is 1. The molecule has 1 aromatic carbocycles.